The van der Waals surface area contributed by atoms with E-state index in [1.165, 1.54) is 43.4 Å². The minimum absolute atomic E-state index is 0.625. The first-order valence-corrected chi connectivity index (χ1v) is 7.66. The molecule has 19 heavy (non-hydrogen) atoms. The third kappa shape index (κ3) is 2.89. The molecule has 104 valence electrons. The molecule has 1 aliphatic heterocycles. The fraction of sp³-hybridized carbons (Fsp3) is 0.733. The van der Waals surface area contributed by atoms with Gasteiger partial charge in [0.1, 0.15) is 0 Å². The van der Waals surface area contributed by atoms with Crippen molar-refractivity contribution in [2.45, 2.75) is 44.9 Å². The molecule has 4 heteroatoms. The predicted octanol–water partition coefficient (Wildman–Crippen LogP) is 1.92. The van der Waals surface area contributed by atoms with Gasteiger partial charge in [0.25, 0.3) is 0 Å². The summed E-state index contributed by atoms with van der Waals surface area (Å²) in [7, 11) is 0. The normalized spacial score (nSPS) is 23.8. The third-order valence-electron chi connectivity index (χ3n) is 4.46. The lowest BCUT2D eigenvalue weighted by Crippen LogP contribution is -2.28. The molecule has 1 saturated heterocycles. The number of hydrogen-bond acceptors (Lipinski definition) is 4. The summed E-state index contributed by atoms with van der Waals surface area (Å²) in [5.41, 5.74) is 8.36. The van der Waals surface area contributed by atoms with E-state index in [2.05, 4.69) is 9.88 Å². The van der Waals surface area contributed by atoms with Crippen molar-refractivity contribution in [1.29, 1.82) is 0 Å². The molecule has 3 rings (SSSR count). The highest BCUT2D eigenvalue weighted by atomic mass is 15.2. The van der Waals surface area contributed by atoms with Crippen LogP contribution in [0.5, 0.6) is 0 Å². The number of hydrogen-bond donors (Lipinski definition) is 1. The topological polar surface area (TPSA) is 55.0 Å². The maximum Gasteiger partial charge on any atom is 0.225 e. The molecule has 1 aromatic rings. The van der Waals surface area contributed by atoms with Gasteiger partial charge in [-0.15, -0.1) is 0 Å². The largest absolute Gasteiger partial charge is 0.341 e. The molecule has 2 heterocycles. The van der Waals surface area contributed by atoms with Crippen LogP contribution < -0.4 is 10.6 Å². The fourth-order valence-electron chi connectivity index (χ4n) is 3.20. The van der Waals surface area contributed by atoms with Gasteiger partial charge < -0.3 is 10.6 Å². The number of fused-ring (bicyclic) bond motifs is 1. The van der Waals surface area contributed by atoms with Crippen molar-refractivity contribution in [2.24, 2.45) is 11.7 Å². The Bertz CT molecular complexity index is 424. The first kappa shape index (κ1) is 12.9. The molecule has 1 aromatic heterocycles. The number of nitrogens with zero attached hydrogens (tertiary/aromatic N) is 3. The monoisotopic (exact) mass is 260 g/mol. The van der Waals surface area contributed by atoms with Crippen molar-refractivity contribution in [1.82, 2.24) is 9.97 Å². The van der Waals surface area contributed by atoms with Gasteiger partial charge in [0.2, 0.25) is 5.95 Å². The average molecular weight is 260 g/mol. The van der Waals surface area contributed by atoms with Crippen LogP contribution in [-0.4, -0.2) is 29.6 Å². The molecule has 1 unspecified atom stereocenters. The van der Waals surface area contributed by atoms with Gasteiger partial charge in [0.05, 0.1) is 0 Å². The SMILES string of the molecule is NCC1CCc2nc(N3CCCCCC3)ncc2C1. The summed E-state index contributed by atoms with van der Waals surface area (Å²) in [6, 6.07) is 0. The molecule has 0 spiro atoms. The van der Waals surface area contributed by atoms with E-state index in [4.69, 9.17) is 10.7 Å². The standard InChI is InChI=1S/C15H24N4/c16-10-12-5-6-14-13(9-12)11-17-15(18-14)19-7-3-1-2-4-8-19/h11-12H,1-10,16H2. The maximum absolute atomic E-state index is 5.78. The van der Waals surface area contributed by atoms with Crippen molar-refractivity contribution in [3.8, 4) is 0 Å². The molecule has 4 nitrogen and oxygen atoms in total. The minimum atomic E-state index is 0.625. The third-order valence-corrected chi connectivity index (χ3v) is 4.46. The molecular formula is C15H24N4. The van der Waals surface area contributed by atoms with Crippen molar-refractivity contribution in [2.75, 3.05) is 24.5 Å². The zero-order chi connectivity index (χ0) is 13.1. The average Bonchev–Trinajstić information content (AvgIpc) is 2.75. The molecule has 2 N–H and O–H groups in total. The first-order valence-electron chi connectivity index (χ1n) is 7.66. The van der Waals surface area contributed by atoms with Crippen LogP contribution in [-0.2, 0) is 12.8 Å². The van der Waals surface area contributed by atoms with Gasteiger partial charge in [-0.2, -0.15) is 0 Å². The summed E-state index contributed by atoms with van der Waals surface area (Å²) in [5, 5.41) is 0. The summed E-state index contributed by atoms with van der Waals surface area (Å²) in [5.74, 6) is 1.58. The highest BCUT2D eigenvalue weighted by molar-refractivity contribution is 5.34. The zero-order valence-electron chi connectivity index (χ0n) is 11.6. The summed E-state index contributed by atoms with van der Waals surface area (Å²) < 4.78 is 0. The van der Waals surface area contributed by atoms with Gasteiger partial charge in [-0.05, 0) is 50.1 Å². The van der Waals surface area contributed by atoms with E-state index < -0.39 is 0 Å². The highest BCUT2D eigenvalue weighted by Gasteiger charge is 2.21. The van der Waals surface area contributed by atoms with Gasteiger partial charge >= 0.3 is 0 Å². The Kier molecular flexibility index (Phi) is 3.97. The lowest BCUT2D eigenvalue weighted by Gasteiger charge is -2.25. The van der Waals surface area contributed by atoms with E-state index in [0.29, 0.717) is 5.92 Å². The number of anilines is 1. The Labute approximate surface area is 115 Å². The van der Waals surface area contributed by atoms with Crippen molar-refractivity contribution >= 4 is 5.95 Å². The molecule has 1 aliphatic carbocycles. The van der Waals surface area contributed by atoms with E-state index in [1.54, 1.807) is 0 Å². The van der Waals surface area contributed by atoms with Crippen molar-refractivity contribution in [3.05, 3.63) is 17.5 Å². The maximum atomic E-state index is 5.78. The van der Waals surface area contributed by atoms with Gasteiger partial charge in [-0.3, -0.25) is 0 Å². The van der Waals surface area contributed by atoms with Gasteiger partial charge in [-0.1, -0.05) is 12.8 Å². The fourth-order valence-corrected chi connectivity index (χ4v) is 3.20. The highest BCUT2D eigenvalue weighted by Crippen LogP contribution is 2.25. The summed E-state index contributed by atoms with van der Waals surface area (Å²) in [6.45, 7) is 3.02. The van der Waals surface area contributed by atoms with Gasteiger partial charge in [0, 0.05) is 25.0 Å². The summed E-state index contributed by atoms with van der Waals surface area (Å²) in [4.78, 5) is 11.8. The van der Waals surface area contributed by atoms with Crippen LogP contribution in [0.15, 0.2) is 6.20 Å². The van der Waals surface area contributed by atoms with Crippen LogP contribution in [0.4, 0.5) is 5.95 Å². The molecule has 1 fully saturated rings. The van der Waals surface area contributed by atoms with E-state index in [-0.39, 0.29) is 0 Å². The number of aryl methyl sites for hydroxylation is 1. The van der Waals surface area contributed by atoms with Gasteiger partial charge in [0.15, 0.2) is 0 Å². The molecule has 0 bridgehead atoms. The number of rotatable bonds is 2. The van der Waals surface area contributed by atoms with E-state index in [1.807, 2.05) is 6.20 Å². The molecule has 1 atom stereocenters. The summed E-state index contributed by atoms with van der Waals surface area (Å²) in [6.07, 6.45) is 10.6. The van der Waals surface area contributed by atoms with Gasteiger partial charge in [-0.25, -0.2) is 9.97 Å². The van der Waals surface area contributed by atoms with Crippen LogP contribution in [0, 0.1) is 5.92 Å². The first-order chi connectivity index (χ1) is 9.36. The molecule has 0 aromatic carbocycles. The molecule has 0 radical (unpaired) electrons. The van der Waals surface area contributed by atoms with E-state index in [9.17, 15) is 0 Å². The Morgan fingerprint density at radius 3 is 2.74 bits per heavy atom. The minimum Gasteiger partial charge on any atom is -0.341 e. The van der Waals surface area contributed by atoms with Crippen LogP contribution >= 0.6 is 0 Å². The van der Waals surface area contributed by atoms with E-state index in [0.717, 1.165) is 38.4 Å². The van der Waals surface area contributed by atoms with Crippen LogP contribution in [0.3, 0.4) is 0 Å². The number of aromatic nitrogens is 2. The Balaban J connectivity index is 1.77. The molecule has 0 saturated carbocycles. The second-order valence-corrected chi connectivity index (χ2v) is 5.89. The lowest BCUT2D eigenvalue weighted by atomic mass is 9.87. The lowest BCUT2D eigenvalue weighted by molar-refractivity contribution is 0.461. The smallest absolute Gasteiger partial charge is 0.225 e. The zero-order valence-corrected chi connectivity index (χ0v) is 11.6. The Morgan fingerprint density at radius 2 is 2.00 bits per heavy atom. The number of nitrogens with two attached hydrogens (primary N) is 1. The van der Waals surface area contributed by atoms with Crippen LogP contribution in [0.25, 0.3) is 0 Å². The van der Waals surface area contributed by atoms with E-state index >= 15 is 0 Å². The summed E-state index contributed by atoms with van der Waals surface area (Å²) >= 11 is 0. The second kappa shape index (κ2) is 5.87. The van der Waals surface area contributed by atoms with Crippen molar-refractivity contribution in [3.63, 3.8) is 0 Å². The van der Waals surface area contributed by atoms with Crippen LogP contribution in [0.1, 0.15) is 43.4 Å². The van der Waals surface area contributed by atoms with Crippen molar-refractivity contribution < 1.29 is 0 Å². The Morgan fingerprint density at radius 1 is 1.21 bits per heavy atom. The predicted molar refractivity (Wildman–Crippen MR) is 77.3 cm³/mol. The molecular weight excluding hydrogens is 236 g/mol. The second-order valence-electron chi connectivity index (χ2n) is 5.89. The Hall–Kier alpha value is -1.16. The quantitative estimate of drug-likeness (QED) is 0.882. The molecule has 0 amide bonds. The van der Waals surface area contributed by atoms with Crippen LogP contribution in [0.2, 0.25) is 0 Å². The molecule has 2 aliphatic rings.